The number of likely N-dealkylation sites (tertiary alicyclic amines) is 1. The van der Waals surface area contributed by atoms with Crippen molar-refractivity contribution in [3.8, 4) is 11.5 Å². The van der Waals surface area contributed by atoms with Gasteiger partial charge in [-0.25, -0.2) is 0 Å². The van der Waals surface area contributed by atoms with Crippen molar-refractivity contribution in [2.45, 2.75) is 31.7 Å². The lowest BCUT2D eigenvalue weighted by Gasteiger charge is -2.25. The molecule has 2 rings (SSSR count). The third-order valence-electron chi connectivity index (χ3n) is 3.99. The van der Waals surface area contributed by atoms with E-state index in [2.05, 4.69) is 4.90 Å². The molecule has 1 fully saturated rings. The van der Waals surface area contributed by atoms with Crippen molar-refractivity contribution in [2.24, 2.45) is 5.73 Å². The summed E-state index contributed by atoms with van der Waals surface area (Å²) in [5, 5.41) is 0. The first-order chi connectivity index (χ1) is 9.74. The van der Waals surface area contributed by atoms with Gasteiger partial charge in [0.25, 0.3) is 0 Å². The Labute approximate surface area is 121 Å². The van der Waals surface area contributed by atoms with Crippen LogP contribution in [0.2, 0.25) is 0 Å². The van der Waals surface area contributed by atoms with Crippen LogP contribution in [-0.4, -0.2) is 38.8 Å². The minimum Gasteiger partial charge on any atom is -0.497 e. The van der Waals surface area contributed by atoms with Crippen molar-refractivity contribution < 1.29 is 9.47 Å². The lowest BCUT2D eigenvalue weighted by molar-refractivity contribution is 0.265. The second kappa shape index (κ2) is 7.50. The van der Waals surface area contributed by atoms with E-state index in [4.69, 9.17) is 15.2 Å². The first kappa shape index (κ1) is 15.1. The zero-order valence-corrected chi connectivity index (χ0v) is 12.6. The molecule has 1 atom stereocenters. The highest BCUT2D eigenvalue weighted by molar-refractivity contribution is 5.42. The lowest BCUT2D eigenvalue weighted by Crippen LogP contribution is -2.33. The molecule has 0 radical (unpaired) electrons. The fraction of sp³-hybridized carbons (Fsp3) is 0.625. The summed E-state index contributed by atoms with van der Waals surface area (Å²) in [5.41, 5.74) is 7.44. The van der Waals surface area contributed by atoms with Crippen LogP contribution >= 0.6 is 0 Å². The van der Waals surface area contributed by atoms with E-state index in [1.807, 2.05) is 18.2 Å². The Morgan fingerprint density at radius 2 is 1.80 bits per heavy atom. The second-order valence-corrected chi connectivity index (χ2v) is 5.43. The molecule has 4 heteroatoms. The maximum absolute atomic E-state index is 6.38. The zero-order valence-electron chi connectivity index (χ0n) is 12.6. The van der Waals surface area contributed by atoms with Crippen LogP contribution in [-0.2, 0) is 0 Å². The molecule has 112 valence electrons. The monoisotopic (exact) mass is 278 g/mol. The molecule has 1 saturated heterocycles. The van der Waals surface area contributed by atoms with Crippen LogP contribution in [0.1, 0.15) is 37.3 Å². The van der Waals surface area contributed by atoms with Crippen molar-refractivity contribution in [3.63, 3.8) is 0 Å². The van der Waals surface area contributed by atoms with Gasteiger partial charge < -0.3 is 20.1 Å². The molecule has 2 N–H and O–H groups in total. The molecule has 1 aliphatic heterocycles. The number of nitrogens with zero attached hydrogens (tertiary/aromatic N) is 1. The molecule has 0 saturated carbocycles. The van der Waals surface area contributed by atoms with Gasteiger partial charge in [-0.05, 0) is 32.0 Å². The van der Waals surface area contributed by atoms with Crippen LogP contribution in [0.15, 0.2) is 18.2 Å². The number of hydrogen-bond acceptors (Lipinski definition) is 4. The smallest absolute Gasteiger partial charge is 0.127 e. The molecule has 0 aromatic heterocycles. The quantitative estimate of drug-likeness (QED) is 0.899. The van der Waals surface area contributed by atoms with Crippen molar-refractivity contribution in [2.75, 3.05) is 33.9 Å². The SMILES string of the molecule is COc1ccc(C(N)CN2CCCCCC2)c(OC)c1. The van der Waals surface area contributed by atoms with E-state index in [0.717, 1.165) is 36.7 Å². The Kier molecular flexibility index (Phi) is 5.68. The van der Waals surface area contributed by atoms with E-state index in [1.54, 1.807) is 14.2 Å². The third kappa shape index (κ3) is 3.87. The molecule has 0 spiro atoms. The van der Waals surface area contributed by atoms with Crippen molar-refractivity contribution in [1.29, 1.82) is 0 Å². The molecule has 1 aliphatic rings. The van der Waals surface area contributed by atoms with Crippen LogP contribution in [0.3, 0.4) is 0 Å². The van der Waals surface area contributed by atoms with Crippen LogP contribution in [0.5, 0.6) is 11.5 Å². The normalized spacial score (nSPS) is 18.4. The molecule has 1 unspecified atom stereocenters. The summed E-state index contributed by atoms with van der Waals surface area (Å²) in [5.74, 6) is 1.61. The van der Waals surface area contributed by atoms with Gasteiger partial charge in [0.15, 0.2) is 0 Å². The number of ether oxygens (including phenoxy) is 2. The Bertz CT molecular complexity index is 415. The molecule has 1 aromatic carbocycles. The summed E-state index contributed by atoms with van der Waals surface area (Å²) in [4.78, 5) is 2.47. The van der Waals surface area contributed by atoms with Crippen molar-refractivity contribution in [3.05, 3.63) is 23.8 Å². The number of methoxy groups -OCH3 is 2. The average molecular weight is 278 g/mol. The highest BCUT2D eigenvalue weighted by Gasteiger charge is 2.17. The summed E-state index contributed by atoms with van der Waals surface area (Å²) >= 11 is 0. The van der Waals surface area contributed by atoms with Gasteiger partial charge in [0, 0.05) is 24.2 Å². The topological polar surface area (TPSA) is 47.7 Å². The molecule has 4 nitrogen and oxygen atoms in total. The maximum atomic E-state index is 6.38. The highest BCUT2D eigenvalue weighted by Crippen LogP contribution is 2.29. The molecule has 0 bridgehead atoms. The maximum Gasteiger partial charge on any atom is 0.127 e. The van der Waals surface area contributed by atoms with Crippen LogP contribution in [0.4, 0.5) is 0 Å². The van der Waals surface area contributed by atoms with E-state index in [9.17, 15) is 0 Å². The van der Waals surface area contributed by atoms with Gasteiger partial charge in [-0.2, -0.15) is 0 Å². The molecular formula is C16H26N2O2. The molecule has 20 heavy (non-hydrogen) atoms. The van der Waals surface area contributed by atoms with E-state index < -0.39 is 0 Å². The second-order valence-electron chi connectivity index (χ2n) is 5.43. The van der Waals surface area contributed by atoms with Gasteiger partial charge >= 0.3 is 0 Å². The van der Waals surface area contributed by atoms with Crippen LogP contribution in [0, 0.1) is 0 Å². The predicted molar refractivity (Wildman–Crippen MR) is 81.4 cm³/mol. The Hall–Kier alpha value is -1.26. The summed E-state index contributed by atoms with van der Waals surface area (Å²) in [7, 11) is 3.34. The average Bonchev–Trinajstić information content (AvgIpc) is 2.75. The number of hydrogen-bond donors (Lipinski definition) is 1. The summed E-state index contributed by atoms with van der Waals surface area (Å²) < 4.78 is 10.7. The standard InChI is InChI=1S/C16H26N2O2/c1-19-13-7-8-14(16(11-13)20-2)15(17)12-18-9-5-3-4-6-10-18/h7-8,11,15H,3-6,9-10,12,17H2,1-2H3. The summed E-state index contributed by atoms with van der Waals surface area (Å²) in [6, 6.07) is 5.84. The predicted octanol–water partition coefficient (Wildman–Crippen LogP) is 2.58. The first-order valence-corrected chi connectivity index (χ1v) is 7.44. The molecular weight excluding hydrogens is 252 g/mol. The summed E-state index contributed by atoms with van der Waals surface area (Å²) in [6.07, 6.45) is 5.26. The highest BCUT2D eigenvalue weighted by atomic mass is 16.5. The van der Waals surface area contributed by atoms with Gasteiger partial charge in [-0.3, -0.25) is 0 Å². The van der Waals surface area contributed by atoms with Crippen LogP contribution in [0.25, 0.3) is 0 Å². The van der Waals surface area contributed by atoms with E-state index in [0.29, 0.717) is 0 Å². The van der Waals surface area contributed by atoms with E-state index in [-0.39, 0.29) is 6.04 Å². The Balaban J connectivity index is 2.05. The number of benzene rings is 1. The van der Waals surface area contributed by atoms with Gasteiger partial charge in [0.05, 0.1) is 14.2 Å². The summed E-state index contributed by atoms with van der Waals surface area (Å²) in [6.45, 7) is 3.21. The van der Waals surface area contributed by atoms with Crippen molar-refractivity contribution >= 4 is 0 Å². The molecule has 1 aromatic rings. The molecule has 0 amide bonds. The first-order valence-electron chi connectivity index (χ1n) is 7.44. The van der Waals surface area contributed by atoms with Gasteiger partial charge in [-0.1, -0.05) is 18.9 Å². The third-order valence-corrected chi connectivity index (χ3v) is 3.99. The van der Waals surface area contributed by atoms with Gasteiger partial charge in [-0.15, -0.1) is 0 Å². The fourth-order valence-electron chi connectivity index (χ4n) is 2.82. The number of rotatable bonds is 5. The Morgan fingerprint density at radius 1 is 1.10 bits per heavy atom. The number of nitrogens with two attached hydrogens (primary N) is 1. The van der Waals surface area contributed by atoms with Crippen molar-refractivity contribution in [1.82, 2.24) is 4.90 Å². The Morgan fingerprint density at radius 3 is 2.40 bits per heavy atom. The molecule has 1 heterocycles. The van der Waals surface area contributed by atoms with Crippen LogP contribution < -0.4 is 15.2 Å². The molecule has 0 aliphatic carbocycles. The largest absolute Gasteiger partial charge is 0.497 e. The van der Waals surface area contributed by atoms with Gasteiger partial charge in [0.1, 0.15) is 11.5 Å². The van der Waals surface area contributed by atoms with E-state index in [1.165, 1.54) is 25.7 Å². The lowest BCUT2D eigenvalue weighted by atomic mass is 10.1. The minimum atomic E-state index is -0.0195. The minimum absolute atomic E-state index is 0.0195. The fourth-order valence-corrected chi connectivity index (χ4v) is 2.82. The van der Waals surface area contributed by atoms with Gasteiger partial charge in [0.2, 0.25) is 0 Å². The zero-order chi connectivity index (χ0) is 14.4. The van der Waals surface area contributed by atoms with E-state index >= 15 is 0 Å².